The molecule has 2 heterocycles. The van der Waals surface area contributed by atoms with Gasteiger partial charge in [0.25, 0.3) is 0 Å². The lowest BCUT2D eigenvalue weighted by Gasteiger charge is -2.36. The lowest BCUT2D eigenvalue weighted by atomic mass is 10.2. The fourth-order valence-electron chi connectivity index (χ4n) is 3.15. The minimum Gasteiger partial charge on any atom is -0.495 e. The molecule has 0 amide bonds. The first-order valence-corrected chi connectivity index (χ1v) is 8.33. The first-order chi connectivity index (χ1) is 12.4. The Morgan fingerprint density at radius 3 is 2.28 bits per heavy atom. The van der Waals surface area contributed by atoms with Crippen molar-refractivity contribution in [2.24, 2.45) is 0 Å². The van der Waals surface area contributed by atoms with Gasteiger partial charge in [0.15, 0.2) is 0 Å². The monoisotopic (exact) mass is 336 g/mol. The first kappa shape index (κ1) is 15.4. The highest BCUT2D eigenvalue weighted by atomic mass is 16.5. The molecule has 0 radical (unpaired) electrons. The molecule has 2 aromatic carbocycles. The minimum absolute atomic E-state index is 0.783. The number of tetrazole rings is 1. The third-order valence-corrected chi connectivity index (χ3v) is 4.44. The van der Waals surface area contributed by atoms with Gasteiger partial charge in [0.2, 0.25) is 5.95 Å². The summed E-state index contributed by atoms with van der Waals surface area (Å²) in [5.74, 6) is 1.69. The molecule has 0 unspecified atom stereocenters. The molecule has 1 aromatic heterocycles. The molecule has 0 spiro atoms. The molecule has 1 aliphatic heterocycles. The summed E-state index contributed by atoms with van der Waals surface area (Å²) < 4.78 is 7.27. The normalized spacial score (nSPS) is 14.6. The summed E-state index contributed by atoms with van der Waals surface area (Å²) in [5.41, 5.74) is 2.10. The number of para-hydroxylation sites is 3. The Kier molecular flexibility index (Phi) is 4.20. The van der Waals surface area contributed by atoms with E-state index in [4.69, 9.17) is 4.74 Å². The average molecular weight is 336 g/mol. The fraction of sp³-hybridized carbons (Fsp3) is 0.278. The van der Waals surface area contributed by atoms with Gasteiger partial charge in [-0.2, -0.15) is 4.68 Å². The van der Waals surface area contributed by atoms with Crippen LogP contribution < -0.4 is 14.5 Å². The van der Waals surface area contributed by atoms with Crippen LogP contribution in [0.4, 0.5) is 11.6 Å². The van der Waals surface area contributed by atoms with E-state index in [1.165, 1.54) is 0 Å². The number of aromatic nitrogens is 4. The van der Waals surface area contributed by atoms with E-state index in [0.717, 1.165) is 49.3 Å². The number of nitrogens with zero attached hydrogens (tertiary/aromatic N) is 6. The van der Waals surface area contributed by atoms with Gasteiger partial charge in [-0.1, -0.05) is 35.4 Å². The summed E-state index contributed by atoms with van der Waals surface area (Å²) in [5, 5.41) is 12.2. The number of rotatable bonds is 4. The molecule has 0 atom stereocenters. The molecule has 1 fully saturated rings. The second-order valence-corrected chi connectivity index (χ2v) is 5.87. The molecule has 1 saturated heterocycles. The molecular weight excluding hydrogens is 316 g/mol. The van der Waals surface area contributed by atoms with Crippen LogP contribution >= 0.6 is 0 Å². The SMILES string of the molecule is COc1ccccc1N1CCN(c2nnnn2-c2ccccc2)CC1. The van der Waals surface area contributed by atoms with E-state index in [2.05, 4.69) is 31.4 Å². The Labute approximate surface area is 146 Å². The summed E-state index contributed by atoms with van der Waals surface area (Å²) in [6, 6.07) is 18.1. The maximum atomic E-state index is 5.48. The number of ether oxygens (including phenoxy) is 1. The van der Waals surface area contributed by atoms with Crippen molar-refractivity contribution >= 4 is 11.6 Å². The maximum Gasteiger partial charge on any atom is 0.250 e. The molecule has 3 aromatic rings. The molecule has 1 aliphatic rings. The number of benzene rings is 2. The summed E-state index contributed by atoms with van der Waals surface area (Å²) in [4.78, 5) is 4.56. The highest BCUT2D eigenvalue weighted by molar-refractivity contribution is 5.59. The fourth-order valence-corrected chi connectivity index (χ4v) is 3.15. The van der Waals surface area contributed by atoms with Crippen LogP contribution in [0.15, 0.2) is 54.6 Å². The molecule has 0 aliphatic carbocycles. The summed E-state index contributed by atoms with van der Waals surface area (Å²) in [6.45, 7) is 3.49. The zero-order valence-corrected chi connectivity index (χ0v) is 14.1. The Morgan fingerprint density at radius 2 is 1.52 bits per heavy atom. The van der Waals surface area contributed by atoms with Gasteiger partial charge in [-0.15, -0.1) is 0 Å². The number of hydrogen-bond donors (Lipinski definition) is 0. The number of piperazine rings is 1. The van der Waals surface area contributed by atoms with Crippen molar-refractivity contribution in [2.45, 2.75) is 0 Å². The molecule has 128 valence electrons. The van der Waals surface area contributed by atoms with Gasteiger partial charge in [-0.3, -0.25) is 0 Å². The van der Waals surface area contributed by atoms with Crippen molar-refractivity contribution in [1.82, 2.24) is 20.2 Å². The van der Waals surface area contributed by atoms with Gasteiger partial charge in [0, 0.05) is 26.2 Å². The van der Waals surface area contributed by atoms with Crippen molar-refractivity contribution in [3.8, 4) is 11.4 Å². The van der Waals surface area contributed by atoms with Gasteiger partial charge in [0.05, 0.1) is 18.5 Å². The van der Waals surface area contributed by atoms with E-state index in [1.54, 1.807) is 11.8 Å². The number of methoxy groups -OCH3 is 1. The van der Waals surface area contributed by atoms with Crippen LogP contribution in [-0.2, 0) is 0 Å². The Morgan fingerprint density at radius 1 is 0.840 bits per heavy atom. The number of hydrogen-bond acceptors (Lipinski definition) is 6. The molecule has 7 nitrogen and oxygen atoms in total. The second kappa shape index (κ2) is 6.80. The quantitative estimate of drug-likeness (QED) is 0.726. The van der Waals surface area contributed by atoms with Crippen LogP contribution in [0.2, 0.25) is 0 Å². The van der Waals surface area contributed by atoms with Gasteiger partial charge in [-0.05, 0) is 34.7 Å². The predicted molar refractivity (Wildman–Crippen MR) is 96.6 cm³/mol. The van der Waals surface area contributed by atoms with E-state index < -0.39 is 0 Å². The van der Waals surface area contributed by atoms with Crippen molar-refractivity contribution in [3.05, 3.63) is 54.6 Å². The van der Waals surface area contributed by atoms with Crippen molar-refractivity contribution < 1.29 is 4.74 Å². The summed E-state index contributed by atoms with van der Waals surface area (Å²) >= 11 is 0. The van der Waals surface area contributed by atoms with Crippen LogP contribution in [0.1, 0.15) is 0 Å². The zero-order chi connectivity index (χ0) is 17.1. The lowest BCUT2D eigenvalue weighted by Crippen LogP contribution is -2.47. The van der Waals surface area contributed by atoms with E-state index in [0.29, 0.717) is 0 Å². The molecule has 7 heteroatoms. The van der Waals surface area contributed by atoms with Gasteiger partial charge < -0.3 is 14.5 Å². The lowest BCUT2D eigenvalue weighted by molar-refractivity contribution is 0.413. The standard InChI is InChI=1S/C18H20N6O/c1-25-17-10-6-5-9-16(17)22-11-13-23(14-12-22)18-19-20-21-24(18)15-7-3-2-4-8-15/h2-10H,11-14H2,1H3. The van der Waals surface area contributed by atoms with Crippen molar-refractivity contribution in [2.75, 3.05) is 43.1 Å². The molecule has 25 heavy (non-hydrogen) atoms. The molecular formula is C18H20N6O. The van der Waals surface area contributed by atoms with Gasteiger partial charge in [0.1, 0.15) is 5.75 Å². The van der Waals surface area contributed by atoms with Crippen LogP contribution in [0.3, 0.4) is 0 Å². The van der Waals surface area contributed by atoms with E-state index >= 15 is 0 Å². The van der Waals surface area contributed by atoms with Crippen molar-refractivity contribution in [1.29, 1.82) is 0 Å². The Bertz CT molecular complexity index is 826. The van der Waals surface area contributed by atoms with E-state index in [9.17, 15) is 0 Å². The smallest absolute Gasteiger partial charge is 0.250 e. The first-order valence-electron chi connectivity index (χ1n) is 8.33. The van der Waals surface area contributed by atoms with E-state index in [1.807, 2.05) is 48.5 Å². The Balaban J connectivity index is 1.51. The topological polar surface area (TPSA) is 59.3 Å². The highest BCUT2D eigenvalue weighted by Gasteiger charge is 2.23. The number of anilines is 2. The van der Waals surface area contributed by atoms with Gasteiger partial charge in [-0.25, -0.2) is 0 Å². The summed E-state index contributed by atoms with van der Waals surface area (Å²) in [6.07, 6.45) is 0. The predicted octanol–water partition coefficient (Wildman–Crippen LogP) is 2.00. The average Bonchev–Trinajstić information content (AvgIpc) is 3.18. The minimum atomic E-state index is 0.783. The zero-order valence-electron chi connectivity index (χ0n) is 14.1. The van der Waals surface area contributed by atoms with Gasteiger partial charge >= 0.3 is 0 Å². The molecule has 0 bridgehead atoms. The molecule has 4 rings (SSSR count). The highest BCUT2D eigenvalue weighted by Crippen LogP contribution is 2.29. The van der Waals surface area contributed by atoms with Crippen LogP contribution in [-0.4, -0.2) is 53.5 Å². The molecule has 0 N–H and O–H groups in total. The Hall–Kier alpha value is -3.09. The largest absolute Gasteiger partial charge is 0.495 e. The van der Waals surface area contributed by atoms with Crippen LogP contribution in [0.5, 0.6) is 5.75 Å². The van der Waals surface area contributed by atoms with E-state index in [-0.39, 0.29) is 0 Å². The van der Waals surface area contributed by atoms with Crippen molar-refractivity contribution in [3.63, 3.8) is 0 Å². The second-order valence-electron chi connectivity index (χ2n) is 5.87. The molecule has 0 saturated carbocycles. The summed E-state index contributed by atoms with van der Waals surface area (Å²) in [7, 11) is 1.71. The third kappa shape index (κ3) is 3.00. The third-order valence-electron chi connectivity index (χ3n) is 4.44. The van der Waals surface area contributed by atoms with Crippen LogP contribution in [0, 0.1) is 0 Å². The van der Waals surface area contributed by atoms with Crippen LogP contribution in [0.25, 0.3) is 5.69 Å². The maximum absolute atomic E-state index is 5.48.